The number of aromatic nitrogens is 2. The van der Waals surface area contributed by atoms with Gasteiger partial charge in [0.2, 0.25) is 0 Å². The van der Waals surface area contributed by atoms with Crippen LogP contribution in [0.4, 0.5) is 22.9 Å². The summed E-state index contributed by atoms with van der Waals surface area (Å²) in [5.41, 5.74) is 3.30. The van der Waals surface area contributed by atoms with E-state index < -0.39 is 0 Å². The fourth-order valence-electron chi connectivity index (χ4n) is 3.14. The van der Waals surface area contributed by atoms with E-state index in [1.807, 2.05) is 18.2 Å². The summed E-state index contributed by atoms with van der Waals surface area (Å²) < 4.78 is 4.95. The number of aryl methyl sites for hydroxylation is 1. The van der Waals surface area contributed by atoms with Crippen LogP contribution < -0.4 is 15.5 Å². The van der Waals surface area contributed by atoms with Gasteiger partial charge in [0, 0.05) is 42.4 Å². The zero-order valence-electron chi connectivity index (χ0n) is 15.1. The summed E-state index contributed by atoms with van der Waals surface area (Å²) in [4.78, 5) is 18.9. The maximum atomic E-state index is 12.3. The van der Waals surface area contributed by atoms with Crippen LogP contribution in [0, 0.1) is 6.92 Å². The number of pyridine rings is 1. The third-order valence-corrected chi connectivity index (χ3v) is 4.49. The number of benzene rings is 1. The molecule has 3 heterocycles. The van der Waals surface area contributed by atoms with Gasteiger partial charge in [0.05, 0.1) is 0 Å². The van der Waals surface area contributed by atoms with E-state index in [0.717, 1.165) is 24.5 Å². The van der Waals surface area contributed by atoms with Crippen LogP contribution in [0.15, 0.2) is 53.2 Å². The zero-order chi connectivity index (χ0) is 18.6. The van der Waals surface area contributed by atoms with Crippen molar-refractivity contribution >= 4 is 28.8 Å². The minimum absolute atomic E-state index is 0.300. The molecule has 0 bridgehead atoms. The Balaban J connectivity index is 1.43. The van der Waals surface area contributed by atoms with Gasteiger partial charge >= 0.3 is 0 Å². The predicted molar refractivity (Wildman–Crippen MR) is 105 cm³/mol. The zero-order valence-corrected chi connectivity index (χ0v) is 15.1. The van der Waals surface area contributed by atoms with Crippen LogP contribution in [0.2, 0.25) is 0 Å². The standard InChI is InChI=1S/C20H21N5O2/c1-14-12-19(24-27-14)23-20(26)18-13-16(8-9-21-18)22-15-4-6-17(7-5-15)25-10-2-3-11-25/h4-9,12-13H,2-3,10-11H2,1H3,(H,21,22)(H,23,24,26). The molecule has 7 nitrogen and oxygen atoms in total. The van der Waals surface area contributed by atoms with Gasteiger partial charge in [-0.3, -0.25) is 9.78 Å². The van der Waals surface area contributed by atoms with Gasteiger partial charge in [-0.05, 0) is 56.2 Å². The highest BCUT2D eigenvalue weighted by molar-refractivity contribution is 6.02. The first-order valence-electron chi connectivity index (χ1n) is 9.00. The molecule has 7 heteroatoms. The van der Waals surface area contributed by atoms with Crippen molar-refractivity contribution in [2.24, 2.45) is 0 Å². The third kappa shape index (κ3) is 4.08. The van der Waals surface area contributed by atoms with Crippen molar-refractivity contribution in [2.75, 3.05) is 28.6 Å². The van der Waals surface area contributed by atoms with Crippen molar-refractivity contribution in [3.05, 3.63) is 60.1 Å². The second kappa shape index (κ2) is 7.49. The molecule has 1 aliphatic heterocycles. The first-order chi connectivity index (χ1) is 13.2. The lowest BCUT2D eigenvalue weighted by Crippen LogP contribution is -2.17. The summed E-state index contributed by atoms with van der Waals surface area (Å²) in [6.07, 6.45) is 4.12. The van der Waals surface area contributed by atoms with Gasteiger partial charge in [0.15, 0.2) is 5.82 Å². The summed E-state index contributed by atoms with van der Waals surface area (Å²) in [6, 6.07) is 13.5. The maximum Gasteiger partial charge on any atom is 0.275 e. The summed E-state index contributed by atoms with van der Waals surface area (Å²) in [5, 5.41) is 9.74. The second-order valence-electron chi connectivity index (χ2n) is 6.57. The molecule has 0 radical (unpaired) electrons. The fourth-order valence-corrected chi connectivity index (χ4v) is 3.14. The van der Waals surface area contributed by atoms with E-state index in [1.165, 1.54) is 18.5 Å². The smallest absolute Gasteiger partial charge is 0.275 e. The minimum atomic E-state index is -0.337. The van der Waals surface area contributed by atoms with E-state index in [4.69, 9.17) is 4.52 Å². The molecule has 0 atom stereocenters. The minimum Gasteiger partial charge on any atom is -0.372 e. The number of nitrogens with one attached hydrogen (secondary N) is 2. The van der Waals surface area contributed by atoms with Gasteiger partial charge in [-0.1, -0.05) is 5.16 Å². The molecule has 2 aromatic heterocycles. The number of hydrogen-bond acceptors (Lipinski definition) is 6. The van der Waals surface area contributed by atoms with Crippen LogP contribution in [0.1, 0.15) is 29.1 Å². The van der Waals surface area contributed by atoms with E-state index in [9.17, 15) is 4.79 Å². The summed E-state index contributed by atoms with van der Waals surface area (Å²) in [6.45, 7) is 4.02. The quantitative estimate of drug-likeness (QED) is 0.713. The molecule has 2 N–H and O–H groups in total. The van der Waals surface area contributed by atoms with Crippen LogP contribution in [0.5, 0.6) is 0 Å². The molecular weight excluding hydrogens is 342 g/mol. The lowest BCUT2D eigenvalue weighted by molar-refractivity contribution is 0.102. The summed E-state index contributed by atoms with van der Waals surface area (Å²) in [7, 11) is 0. The highest BCUT2D eigenvalue weighted by Crippen LogP contribution is 2.24. The molecule has 1 aromatic carbocycles. The van der Waals surface area contributed by atoms with E-state index in [0.29, 0.717) is 17.3 Å². The van der Waals surface area contributed by atoms with Crippen LogP contribution in [-0.2, 0) is 0 Å². The molecule has 27 heavy (non-hydrogen) atoms. The second-order valence-corrected chi connectivity index (χ2v) is 6.57. The number of anilines is 4. The topological polar surface area (TPSA) is 83.3 Å². The molecule has 0 saturated carbocycles. The van der Waals surface area contributed by atoms with Crippen LogP contribution in [0.25, 0.3) is 0 Å². The Bertz CT molecular complexity index is 930. The lowest BCUT2D eigenvalue weighted by atomic mass is 10.2. The van der Waals surface area contributed by atoms with E-state index in [2.05, 4.69) is 37.8 Å². The maximum absolute atomic E-state index is 12.3. The molecule has 0 unspecified atom stereocenters. The highest BCUT2D eigenvalue weighted by atomic mass is 16.5. The van der Waals surface area contributed by atoms with Gasteiger partial charge in [0.25, 0.3) is 5.91 Å². The van der Waals surface area contributed by atoms with Crippen LogP contribution >= 0.6 is 0 Å². The van der Waals surface area contributed by atoms with Gasteiger partial charge in [-0.25, -0.2) is 0 Å². The van der Waals surface area contributed by atoms with Crippen molar-refractivity contribution in [2.45, 2.75) is 19.8 Å². The fraction of sp³-hybridized carbons (Fsp3) is 0.250. The van der Waals surface area contributed by atoms with Crippen molar-refractivity contribution in [3.63, 3.8) is 0 Å². The molecule has 138 valence electrons. The van der Waals surface area contributed by atoms with Crippen LogP contribution in [0.3, 0.4) is 0 Å². The number of hydrogen-bond donors (Lipinski definition) is 2. The Morgan fingerprint density at radius 1 is 1.07 bits per heavy atom. The van der Waals surface area contributed by atoms with Gasteiger partial charge in [0.1, 0.15) is 11.5 Å². The molecule has 0 aliphatic carbocycles. The molecule has 3 aromatic rings. The highest BCUT2D eigenvalue weighted by Gasteiger charge is 2.13. The number of rotatable bonds is 5. The molecule has 1 amide bonds. The average Bonchev–Trinajstić information content (AvgIpc) is 3.35. The van der Waals surface area contributed by atoms with Gasteiger partial charge in [-0.2, -0.15) is 0 Å². The molecular formula is C20H21N5O2. The van der Waals surface area contributed by atoms with Crippen LogP contribution in [-0.4, -0.2) is 29.1 Å². The monoisotopic (exact) mass is 363 g/mol. The van der Waals surface area contributed by atoms with E-state index in [-0.39, 0.29) is 5.91 Å². The Morgan fingerprint density at radius 2 is 1.85 bits per heavy atom. The molecule has 1 fully saturated rings. The average molecular weight is 363 g/mol. The molecule has 0 spiro atoms. The normalized spacial score (nSPS) is 13.6. The molecule has 1 aliphatic rings. The summed E-state index contributed by atoms with van der Waals surface area (Å²) >= 11 is 0. The SMILES string of the molecule is Cc1cc(NC(=O)c2cc(Nc3ccc(N4CCCC4)cc3)ccn2)no1. The number of amides is 1. The van der Waals surface area contributed by atoms with Crippen molar-refractivity contribution in [1.29, 1.82) is 0 Å². The largest absolute Gasteiger partial charge is 0.372 e. The Labute approximate surface area is 157 Å². The first-order valence-corrected chi connectivity index (χ1v) is 9.00. The number of carbonyl (C=O) groups is 1. The Morgan fingerprint density at radius 3 is 2.56 bits per heavy atom. The Kier molecular flexibility index (Phi) is 4.74. The van der Waals surface area contributed by atoms with E-state index in [1.54, 1.807) is 25.3 Å². The number of nitrogens with zero attached hydrogens (tertiary/aromatic N) is 3. The summed E-state index contributed by atoms with van der Waals surface area (Å²) in [5.74, 6) is 0.664. The van der Waals surface area contributed by atoms with Gasteiger partial charge in [-0.15, -0.1) is 0 Å². The van der Waals surface area contributed by atoms with Crippen molar-refractivity contribution < 1.29 is 9.32 Å². The lowest BCUT2D eigenvalue weighted by Gasteiger charge is -2.18. The van der Waals surface area contributed by atoms with Gasteiger partial charge < -0.3 is 20.1 Å². The number of carbonyl (C=O) groups excluding carboxylic acids is 1. The molecule has 4 rings (SSSR count). The van der Waals surface area contributed by atoms with Crippen molar-refractivity contribution in [1.82, 2.24) is 10.1 Å². The third-order valence-electron chi connectivity index (χ3n) is 4.49. The molecule has 1 saturated heterocycles. The predicted octanol–water partition coefficient (Wildman–Crippen LogP) is 3.97. The van der Waals surface area contributed by atoms with Crippen molar-refractivity contribution in [3.8, 4) is 0 Å². The van der Waals surface area contributed by atoms with E-state index >= 15 is 0 Å². The first kappa shape index (κ1) is 17.1. The Hall–Kier alpha value is -3.35.